The highest BCUT2D eigenvalue weighted by atomic mass is 15.2. The van der Waals surface area contributed by atoms with Gasteiger partial charge in [0.25, 0.3) is 0 Å². The number of amidine groups is 1. The third kappa shape index (κ3) is 6.96. The first kappa shape index (κ1) is 20.7. The normalized spacial score (nSPS) is 16.6. The number of rotatable bonds is 8. The third-order valence-electron chi connectivity index (χ3n) is 4.19. The Morgan fingerprint density at radius 1 is 1.40 bits per heavy atom. The van der Waals surface area contributed by atoms with Gasteiger partial charge in [-0.15, -0.1) is 0 Å². The Balaban J connectivity index is 2.92. The van der Waals surface area contributed by atoms with Gasteiger partial charge in [0.1, 0.15) is 0 Å². The van der Waals surface area contributed by atoms with Crippen molar-refractivity contribution in [2.24, 2.45) is 10.9 Å². The maximum atomic E-state index is 4.38. The minimum absolute atomic E-state index is 0.476. The Labute approximate surface area is 154 Å². The molecule has 0 saturated heterocycles. The fraction of sp³-hybridized carbons (Fsp3) is 0.348. The van der Waals surface area contributed by atoms with Crippen LogP contribution >= 0.6 is 0 Å². The molecule has 0 aromatic heterocycles. The monoisotopic (exact) mass is 336 g/mol. The van der Waals surface area contributed by atoms with Crippen LogP contribution < -0.4 is 0 Å². The fourth-order valence-corrected chi connectivity index (χ4v) is 2.73. The molecular weight excluding hydrogens is 304 g/mol. The lowest BCUT2D eigenvalue weighted by Crippen LogP contribution is -2.32. The summed E-state index contributed by atoms with van der Waals surface area (Å²) in [6.45, 7) is 15.4. The third-order valence-corrected chi connectivity index (χ3v) is 4.19. The van der Waals surface area contributed by atoms with Gasteiger partial charge >= 0.3 is 0 Å². The van der Waals surface area contributed by atoms with Gasteiger partial charge in [0.05, 0.1) is 5.84 Å². The second-order valence-electron chi connectivity index (χ2n) is 6.30. The van der Waals surface area contributed by atoms with Gasteiger partial charge in [-0.25, -0.2) is 0 Å². The van der Waals surface area contributed by atoms with E-state index in [2.05, 4.69) is 60.4 Å². The molecule has 0 aliphatic heterocycles. The summed E-state index contributed by atoms with van der Waals surface area (Å²) in [6.07, 6.45) is 20.9. The van der Waals surface area contributed by atoms with E-state index in [-0.39, 0.29) is 0 Å². The minimum Gasteiger partial charge on any atom is -0.330 e. The SMILES string of the molecule is C=C/C(=C\C=C/C)C(=C)N(CC(C)CC1=CC=CCC=C1)/C(C)=N\C. The molecule has 1 aliphatic rings. The lowest BCUT2D eigenvalue weighted by atomic mass is 9.99. The lowest BCUT2D eigenvalue weighted by molar-refractivity contribution is 0.413. The predicted octanol–water partition coefficient (Wildman–Crippen LogP) is 6.01. The van der Waals surface area contributed by atoms with Gasteiger partial charge in [0.2, 0.25) is 0 Å². The highest BCUT2D eigenvalue weighted by molar-refractivity contribution is 5.82. The van der Waals surface area contributed by atoms with Crippen molar-refractivity contribution >= 4 is 5.84 Å². The molecule has 1 rings (SSSR count). The van der Waals surface area contributed by atoms with Crippen LogP contribution in [-0.2, 0) is 0 Å². The van der Waals surface area contributed by atoms with Crippen molar-refractivity contribution < 1.29 is 0 Å². The van der Waals surface area contributed by atoms with Crippen molar-refractivity contribution in [2.45, 2.75) is 33.6 Å². The maximum absolute atomic E-state index is 4.38. The number of hydrogen-bond acceptors (Lipinski definition) is 1. The summed E-state index contributed by atoms with van der Waals surface area (Å²) >= 11 is 0. The van der Waals surface area contributed by atoms with Crippen LogP contribution in [0.3, 0.4) is 0 Å². The molecule has 0 bridgehead atoms. The second-order valence-corrected chi connectivity index (χ2v) is 6.30. The van der Waals surface area contributed by atoms with E-state index in [0.29, 0.717) is 5.92 Å². The van der Waals surface area contributed by atoms with Gasteiger partial charge < -0.3 is 4.90 Å². The standard InChI is InChI=1S/C23H32N2/c1-7-9-16-23(8-2)20(4)25(21(5)24-6)18-19(3)17-22-14-12-10-11-13-15-22/h7-10,12-16,19H,2,4,11,17-18H2,1,3,5-6H3/b9-7-,23-16+,24-21-. The molecule has 0 heterocycles. The van der Waals surface area contributed by atoms with Crippen molar-refractivity contribution in [1.82, 2.24) is 4.90 Å². The summed E-state index contributed by atoms with van der Waals surface area (Å²) in [7, 11) is 1.82. The molecular formula is C23H32N2. The summed E-state index contributed by atoms with van der Waals surface area (Å²) in [6, 6.07) is 0. The summed E-state index contributed by atoms with van der Waals surface area (Å²) in [5, 5.41) is 0. The topological polar surface area (TPSA) is 15.6 Å². The molecule has 0 amide bonds. The fourth-order valence-electron chi connectivity index (χ4n) is 2.73. The molecule has 134 valence electrons. The molecule has 0 N–H and O–H groups in total. The smallest absolute Gasteiger partial charge is 0.0998 e. The quantitative estimate of drug-likeness (QED) is 0.301. The van der Waals surface area contributed by atoms with E-state index in [1.54, 1.807) is 0 Å². The average Bonchev–Trinajstić information content (AvgIpc) is 2.88. The molecule has 2 heteroatoms. The summed E-state index contributed by atoms with van der Waals surface area (Å²) in [5.74, 6) is 1.44. The van der Waals surface area contributed by atoms with Crippen LogP contribution in [0.4, 0.5) is 0 Å². The van der Waals surface area contributed by atoms with E-state index >= 15 is 0 Å². The number of allylic oxidation sites excluding steroid dienone is 10. The Morgan fingerprint density at radius 3 is 2.80 bits per heavy atom. The molecule has 1 unspecified atom stereocenters. The molecule has 25 heavy (non-hydrogen) atoms. The first-order valence-electron chi connectivity index (χ1n) is 8.91. The zero-order valence-corrected chi connectivity index (χ0v) is 16.2. The number of aliphatic imine (C=N–C) groups is 1. The van der Waals surface area contributed by atoms with Gasteiger partial charge in [-0.05, 0) is 43.8 Å². The van der Waals surface area contributed by atoms with Gasteiger partial charge in [0.15, 0.2) is 0 Å². The minimum atomic E-state index is 0.476. The van der Waals surface area contributed by atoms with E-state index < -0.39 is 0 Å². The Morgan fingerprint density at radius 2 is 2.16 bits per heavy atom. The Bertz CT molecular complexity index is 639. The van der Waals surface area contributed by atoms with E-state index in [4.69, 9.17) is 0 Å². The highest BCUT2D eigenvalue weighted by Crippen LogP contribution is 2.21. The molecule has 0 saturated carbocycles. The van der Waals surface area contributed by atoms with Crippen LogP contribution in [0.15, 0.2) is 89.7 Å². The summed E-state index contributed by atoms with van der Waals surface area (Å²) in [4.78, 5) is 6.58. The van der Waals surface area contributed by atoms with E-state index in [9.17, 15) is 0 Å². The van der Waals surface area contributed by atoms with Crippen LogP contribution in [0.1, 0.15) is 33.6 Å². The summed E-state index contributed by atoms with van der Waals surface area (Å²) in [5.41, 5.74) is 3.32. The number of nitrogens with zero attached hydrogens (tertiary/aromatic N) is 2. The van der Waals surface area contributed by atoms with Crippen LogP contribution in [0, 0.1) is 5.92 Å². The first-order valence-corrected chi connectivity index (χ1v) is 8.91. The van der Waals surface area contributed by atoms with Crippen molar-refractivity contribution in [2.75, 3.05) is 13.6 Å². The molecule has 0 radical (unpaired) electrons. The molecule has 1 aliphatic carbocycles. The zero-order valence-electron chi connectivity index (χ0n) is 16.2. The maximum Gasteiger partial charge on any atom is 0.0998 e. The van der Waals surface area contributed by atoms with Crippen molar-refractivity contribution in [3.05, 3.63) is 84.7 Å². The second kappa shape index (κ2) is 11.2. The molecule has 0 fully saturated rings. The van der Waals surface area contributed by atoms with Gasteiger partial charge in [-0.2, -0.15) is 0 Å². The Kier molecular flexibility index (Phi) is 9.31. The Hall–Kier alpha value is -2.35. The molecule has 1 atom stereocenters. The summed E-state index contributed by atoms with van der Waals surface area (Å²) < 4.78 is 0. The number of hydrogen-bond donors (Lipinski definition) is 0. The van der Waals surface area contributed by atoms with Gasteiger partial charge in [-0.3, -0.25) is 4.99 Å². The first-order chi connectivity index (χ1) is 12.0. The van der Waals surface area contributed by atoms with Crippen LogP contribution in [0.5, 0.6) is 0 Å². The zero-order chi connectivity index (χ0) is 18.7. The van der Waals surface area contributed by atoms with E-state index in [1.807, 2.05) is 45.2 Å². The van der Waals surface area contributed by atoms with Crippen molar-refractivity contribution in [3.63, 3.8) is 0 Å². The van der Waals surface area contributed by atoms with Gasteiger partial charge in [0, 0.05) is 19.3 Å². The molecule has 0 aromatic rings. The van der Waals surface area contributed by atoms with E-state index in [0.717, 1.165) is 36.5 Å². The van der Waals surface area contributed by atoms with E-state index in [1.165, 1.54) is 5.57 Å². The largest absolute Gasteiger partial charge is 0.330 e. The molecule has 0 spiro atoms. The van der Waals surface area contributed by atoms with Crippen LogP contribution in [0.25, 0.3) is 0 Å². The van der Waals surface area contributed by atoms with Crippen molar-refractivity contribution in [1.29, 1.82) is 0 Å². The predicted molar refractivity (Wildman–Crippen MR) is 113 cm³/mol. The van der Waals surface area contributed by atoms with Crippen LogP contribution in [0.2, 0.25) is 0 Å². The molecule has 2 nitrogen and oxygen atoms in total. The average molecular weight is 337 g/mol. The lowest BCUT2D eigenvalue weighted by Gasteiger charge is -2.30. The van der Waals surface area contributed by atoms with Crippen LogP contribution in [-0.4, -0.2) is 24.3 Å². The molecule has 0 aromatic carbocycles. The van der Waals surface area contributed by atoms with Crippen molar-refractivity contribution in [3.8, 4) is 0 Å². The highest BCUT2D eigenvalue weighted by Gasteiger charge is 2.17. The van der Waals surface area contributed by atoms with Gasteiger partial charge in [-0.1, -0.05) is 74.8 Å².